The fourth-order valence-electron chi connectivity index (χ4n) is 2.55. The van der Waals surface area contributed by atoms with Crippen LogP contribution in [0.3, 0.4) is 0 Å². The van der Waals surface area contributed by atoms with Crippen molar-refractivity contribution in [3.63, 3.8) is 0 Å². The SMILES string of the molecule is [C+]1=C(c2ccc(N3CCCC3)cc2)C=CC=CC1. The highest BCUT2D eigenvalue weighted by molar-refractivity contribution is 5.74. The molecule has 2 aliphatic rings. The van der Waals surface area contributed by atoms with E-state index < -0.39 is 0 Å². The van der Waals surface area contributed by atoms with Crippen LogP contribution in [0, 0.1) is 6.08 Å². The minimum Gasteiger partial charge on any atom is -0.371 e. The molecule has 3 rings (SSSR count). The van der Waals surface area contributed by atoms with Crippen LogP contribution in [0.25, 0.3) is 5.57 Å². The van der Waals surface area contributed by atoms with E-state index in [0.29, 0.717) is 0 Å². The molecule has 0 N–H and O–H groups in total. The highest BCUT2D eigenvalue weighted by atomic mass is 15.1. The summed E-state index contributed by atoms with van der Waals surface area (Å²) < 4.78 is 0. The monoisotopic (exact) mass is 236 g/mol. The first kappa shape index (κ1) is 11.3. The largest absolute Gasteiger partial charge is 0.371 e. The van der Waals surface area contributed by atoms with Gasteiger partial charge in [0.15, 0.2) is 5.57 Å². The van der Waals surface area contributed by atoms with Gasteiger partial charge in [0.25, 0.3) is 0 Å². The van der Waals surface area contributed by atoms with Crippen molar-refractivity contribution in [1.82, 2.24) is 0 Å². The quantitative estimate of drug-likeness (QED) is 0.702. The molecule has 1 nitrogen and oxygen atoms in total. The molecule has 18 heavy (non-hydrogen) atoms. The van der Waals surface area contributed by atoms with Gasteiger partial charge in [0.05, 0.1) is 18.1 Å². The molecule has 1 aromatic carbocycles. The Morgan fingerprint density at radius 1 is 0.944 bits per heavy atom. The number of anilines is 1. The molecule has 0 spiro atoms. The van der Waals surface area contributed by atoms with Crippen molar-refractivity contribution in [2.24, 2.45) is 0 Å². The van der Waals surface area contributed by atoms with Crippen LogP contribution < -0.4 is 4.90 Å². The van der Waals surface area contributed by atoms with Crippen molar-refractivity contribution in [3.05, 3.63) is 60.2 Å². The first-order valence-electron chi connectivity index (χ1n) is 6.73. The summed E-state index contributed by atoms with van der Waals surface area (Å²) in [5.74, 6) is 0. The van der Waals surface area contributed by atoms with Crippen molar-refractivity contribution in [3.8, 4) is 0 Å². The number of hydrogen-bond donors (Lipinski definition) is 0. The molecule has 0 unspecified atom stereocenters. The fraction of sp³-hybridized carbons (Fsp3) is 0.294. The fourth-order valence-corrected chi connectivity index (χ4v) is 2.55. The molecule has 0 bridgehead atoms. The van der Waals surface area contributed by atoms with E-state index in [2.05, 4.69) is 59.5 Å². The molecule has 0 saturated carbocycles. The van der Waals surface area contributed by atoms with Gasteiger partial charge in [-0.2, -0.15) is 0 Å². The Kier molecular flexibility index (Phi) is 3.25. The van der Waals surface area contributed by atoms with Gasteiger partial charge in [0, 0.05) is 37.0 Å². The topological polar surface area (TPSA) is 3.24 Å². The number of rotatable bonds is 2. The number of nitrogens with zero attached hydrogens (tertiary/aromatic N) is 1. The van der Waals surface area contributed by atoms with E-state index in [-0.39, 0.29) is 0 Å². The summed E-state index contributed by atoms with van der Waals surface area (Å²) in [6.45, 7) is 2.41. The van der Waals surface area contributed by atoms with Gasteiger partial charge in [0.2, 0.25) is 0 Å². The van der Waals surface area contributed by atoms with Crippen molar-refractivity contribution in [2.75, 3.05) is 18.0 Å². The third-order valence-corrected chi connectivity index (χ3v) is 3.57. The summed E-state index contributed by atoms with van der Waals surface area (Å²) in [4.78, 5) is 2.46. The Hall–Kier alpha value is -1.85. The number of allylic oxidation sites excluding steroid dienone is 6. The first-order chi connectivity index (χ1) is 8.93. The van der Waals surface area contributed by atoms with Crippen molar-refractivity contribution in [2.45, 2.75) is 19.3 Å². The summed E-state index contributed by atoms with van der Waals surface area (Å²) in [6, 6.07) is 8.90. The summed E-state index contributed by atoms with van der Waals surface area (Å²) in [5.41, 5.74) is 3.82. The Labute approximate surface area is 109 Å². The second-order valence-electron chi connectivity index (χ2n) is 4.82. The van der Waals surface area contributed by atoms with E-state index in [9.17, 15) is 0 Å². The van der Waals surface area contributed by atoms with Gasteiger partial charge in [-0.25, -0.2) is 0 Å². The molecule has 0 aromatic heterocycles. The van der Waals surface area contributed by atoms with Crippen LogP contribution in [0.4, 0.5) is 5.69 Å². The zero-order valence-electron chi connectivity index (χ0n) is 10.6. The smallest absolute Gasteiger partial charge is 0.191 e. The van der Waals surface area contributed by atoms with Crippen molar-refractivity contribution in [1.29, 1.82) is 0 Å². The zero-order valence-corrected chi connectivity index (χ0v) is 10.6. The van der Waals surface area contributed by atoms with E-state index in [0.717, 1.165) is 6.42 Å². The predicted octanol–water partition coefficient (Wildman–Crippen LogP) is 3.99. The van der Waals surface area contributed by atoms with Crippen LogP contribution in [-0.4, -0.2) is 13.1 Å². The van der Waals surface area contributed by atoms with E-state index in [1.807, 2.05) is 0 Å². The summed E-state index contributed by atoms with van der Waals surface area (Å²) in [7, 11) is 0. The standard InChI is InChI=1S/C17H18N/c1-2-4-8-15(7-3-1)16-9-11-17(12-10-16)18-13-5-6-14-18/h1-3,7,9-12H,4-6,13-14H2/q+1. The lowest BCUT2D eigenvalue weighted by Crippen LogP contribution is -2.17. The van der Waals surface area contributed by atoms with Crippen LogP contribution in [0.5, 0.6) is 0 Å². The maximum Gasteiger partial charge on any atom is 0.191 e. The third kappa shape index (κ3) is 2.37. The van der Waals surface area contributed by atoms with Gasteiger partial charge in [-0.05, 0) is 31.1 Å². The van der Waals surface area contributed by atoms with Crippen LogP contribution >= 0.6 is 0 Å². The van der Waals surface area contributed by atoms with Gasteiger partial charge in [-0.1, -0.05) is 12.2 Å². The lowest BCUT2D eigenvalue weighted by Gasteiger charge is -2.16. The molecule has 1 aliphatic carbocycles. The molecule has 1 aromatic rings. The molecular formula is C17H18N+. The summed E-state index contributed by atoms with van der Waals surface area (Å²) in [6.07, 6.45) is 15.4. The third-order valence-electron chi connectivity index (χ3n) is 3.57. The molecule has 0 atom stereocenters. The minimum atomic E-state index is 0.899. The average Bonchev–Trinajstić information content (AvgIpc) is 2.82. The zero-order chi connectivity index (χ0) is 12.2. The molecule has 1 saturated heterocycles. The number of benzene rings is 1. The highest BCUT2D eigenvalue weighted by Crippen LogP contribution is 2.24. The Morgan fingerprint density at radius 2 is 1.72 bits per heavy atom. The lowest BCUT2D eigenvalue weighted by atomic mass is 10.0. The second kappa shape index (κ2) is 5.20. The maximum absolute atomic E-state index is 3.42. The van der Waals surface area contributed by atoms with Gasteiger partial charge in [-0.15, -0.1) is 0 Å². The number of hydrogen-bond acceptors (Lipinski definition) is 1. The molecule has 1 aliphatic heterocycles. The molecule has 90 valence electrons. The molecule has 0 radical (unpaired) electrons. The van der Waals surface area contributed by atoms with E-state index in [1.54, 1.807) is 0 Å². The van der Waals surface area contributed by atoms with Crippen LogP contribution in [0.1, 0.15) is 24.8 Å². The Morgan fingerprint density at radius 3 is 2.50 bits per heavy atom. The molecular weight excluding hydrogens is 218 g/mol. The predicted molar refractivity (Wildman–Crippen MR) is 77.4 cm³/mol. The molecule has 1 heteroatoms. The summed E-state index contributed by atoms with van der Waals surface area (Å²) in [5, 5.41) is 0. The summed E-state index contributed by atoms with van der Waals surface area (Å²) >= 11 is 0. The first-order valence-corrected chi connectivity index (χ1v) is 6.73. The average molecular weight is 236 g/mol. The maximum atomic E-state index is 3.42. The van der Waals surface area contributed by atoms with Gasteiger partial charge in [-0.3, -0.25) is 0 Å². The van der Waals surface area contributed by atoms with E-state index in [1.165, 1.54) is 42.8 Å². The highest BCUT2D eigenvalue weighted by Gasteiger charge is 2.14. The normalized spacial score (nSPS) is 18.4. The van der Waals surface area contributed by atoms with E-state index in [4.69, 9.17) is 0 Å². The van der Waals surface area contributed by atoms with Crippen LogP contribution in [0.15, 0.2) is 48.6 Å². The van der Waals surface area contributed by atoms with Crippen molar-refractivity contribution < 1.29 is 0 Å². The van der Waals surface area contributed by atoms with E-state index >= 15 is 0 Å². The molecule has 1 heterocycles. The van der Waals surface area contributed by atoms with Crippen LogP contribution in [0.2, 0.25) is 0 Å². The van der Waals surface area contributed by atoms with Crippen LogP contribution in [-0.2, 0) is 0 Å². The Bertz CT molecular complexity index is 485. The minimum absolute atomic E-state index is 0.899. The van der Waals surface area contributed by atoms with Gasteiger partial charge < -0.3 is 4.90 Å². The van der Waals surface area contributed by atoms with Gasteiger partial charge >= 0.3 is 0 Å². The van der Waals surface area contributed by atoms with Gasteiger partial charge in [0.1, 0.15) is 0 Å². The second-order valence-corrected chi connectivity index (χ2v) is 4.82. The lowest BCUT2D eigenvalue weighted by molar-refractivity contribution is 0.949. The Balaban J connectivity index is 1.80. The molecule has 1 fully saturated rings. The van der Waals surface area contributed by atoms with Crippen molar-refractivity contribution >= 4 is 11.3 Å². The molecule has 0 amide bonds.